The Morgan fingerprint density at radius 3 is 1.24 bits per heavy atom. The number of carboxylic acid groups (broad SMARTS) is 2. The number of rotatable bonds is 21. The third-order valence-electron chi connectivity index (χ3n) is 5.85. The Labute approximate surface area is 203 Å². The zero-order valence-corrected chi connectivity index (χ0v) is 21.6. The van der Waals surface area contributed by atoms with Crippen LogP contribution in [0.25, 0.3) is 0 Å². The van der Waals surface area contributed by atoms with Gasteiger partial charge in [0.1, 0.15) is 0 Å². The summed E-state index contributed by atoms with van der Waals surface area (Å²) >= 11 is 0. The fourth-order valence-electron chi connectivity index (χ4n) is 3.98. The molecule has 0 aromatic carbocycles. The topological polar surface area (TPSA) is 74.6 Å². The van der Waals surface area contributed by atoms with E-state index in [1.165, 1.54) is 83.5 Å². The molecule has 0 aliphatic rings. The van der Waals surface area contributed by atoms with Crippen LogP contribution in [0.5, 0.6) is 0 Å². The zero-order chi connectivity index (χ0) is 21.0. The largest absolute Gasteiger partial charge is 1.00 e. The van der Waals surface area contributed by atoms with Crippen LogP contribution in [0.3, 0.4) is 0 Å². The molecule has 0 amide bonds. The van der Waals surface area contributed by atoms with E-state index in [-0.39, 0.29) is 43.3 Å². The van der Waals surface area contributed by atoms with E-state index < -0.39 is 17.9 Å². The van der Waals surface area contributed by atoms with Crippen molar-refractivity contribution in [1.82, 2.24) is 0 Å². The summed E-state index contributed by atoms with van der Waals surface area (Å²) in [5.41, 5.74) is 0. The molecule has 4 nitrogen and oxygen atoms in total. The first kappa shape index (κ1) is 31.1. The Kier molecular flexibility index (Phi) is 24.3. The molecule has 0 heterocycles. The average molecular weight is 423 g/mol. The van der Waals surface area contributed by atoms with Crippen molar-refractivity contribution in [3.05, 3.63) is 0 Å². The Hall–Kier alpha value is -0.0600. The van der Waals surface area contributed by atoms with Gasteiger partial charge in [-0.25, -0.2) is 0 Å². The standard InChI is InChI=1S/C24H46O4.Na.H/c1-3-5-7-9-10-11-12-13-15-17-19-21(18-16-14-8-6-4-2)20-22(23(25)26)24(27)28;;/h21-22H,3-20H2,1-2H3,(H,25,26)(H,27,28);;/q;+1;-1. The molecular formula is C24H47NaO4. The molecular weight excluding hydrogens is 375 g/mol. The van der Waals surface area contributed by atoms with Gasteiger partial charge in [-0.1, -0.05) is 123 Å². The quantitative estimate of drug-likeness (QED) is 0.161. The molecule has 0 aliphatic heterocycles. The minimum Gasteiger partial charge on any atom is -1.00 e. The predicted molar refractivity (Wildman–Crippen MR) is 118 cm³/mol. The van der Waals surface area contributed by atoms with Crippen LogP contribution in [-0.2, 0) is 9.59 Å². The van der Waals surface area contributed by atoms with Gasteiger partial charge in [-0.15, -0.1) is 0 Å². The summed E-state index contributed by atoms with van der Waals surface area (Å²) in [5.74, 6) is -3.39. The molecule has 0 saturated carbocycles. The first-order valence-corrected chi connectivity index (χ1v) is 12.0. The van der Waals surface area contributed by atoms with Crippen molar-refractivity contribution < 1.29 is 50.8 Å². The molecule has 0 rings (SSSR count). The molecule has 0 aliphatic carbocycles. The third-order valence-corrected chi connectivity index (χ3v) is 5.85. The number of hydrogen-bond donors (Lipinski definition) is 2. The van der Waals surface area contributed by atoms with E-state index in [1.54, 1.807) is 0 Å². The smallest absolute Gasteiger partial charge is 1.00 e. The molecule has 1 atom stereocenters. The Morgan fingerprint density at radius 1 is 0.621 bits per heavy atom. The van der Waals surface area contributed by atoms with Crippen LogP contribution in [-0.4, -0.2) is 22.2 Å². The van der Waals surface area contributed by atoms with Crippen LogP contribution >= 0.6 is 0 Å². The van der Waals surface area contributed by atoms with Gasteiger partial charge in [0.25, 0.3) is 0 Å². The van der Waals surface area contributed by atoms with Crippen LogP contribution in [0.4, 0.5) is 0 Å². The van der Waals surface area contributed by atoms with Crippen LogP contribution in [0.2, 0.25) is 0 Å². The van der Waals surface area contributed by atoms with Gasteiger partial charge in [0.05, 0.1) is 0 Å². The van der Waals surface area contributed by atoms with Crippen molar-refractivity contribution in [3.8, 4) is 0 Å². The summed E-state index contributed by atoms with van der Waals surface area (Å²) in [6.07, 6.45) is 21.1. The second-order valence-corrected chi connectivity index (χ2v) is 8.50. The fourth-order valence-corrected chi connectivity index (χ4v) is 3.98. The minimum absolute atomic E-state index is 0. The second-order valence-electron chi connectivity index (χ2n) is 8.50. The van der Waals surface area contributed by atoms with E-state index in [2.05, 4.69) is 13.8 Å². The van der Waals surface area contributed by atoms with Gasteiger partial charge in [-0.05, 0) is 12.3 Å². The number of carbonyl (C=O) groups is 2. The van der Waals surface area contributed by atoms with E-state index >= 15 is 0 Å². The van der Waals surface area contributed by atoms with Crippen molar-refractivity contribution in [3.63, 3.8) is 0 Å². The maximum absolute atomic E-state index is 11.3. The molecule has 0 aromatic rings. The first-order chi connectivity index (χ1) is 13.5. The number of aliphatic carboxylic acids is 2. The van der Waals surface area contributed by atoms with Crippen molar-refractivity contribution in [2.24, 2.45) is 11.8 Å². The first-order valence-electron chi connectivity index (χ1n) is 12.0. The maximum Gasteiger partial charge on any atom is 1.00 e. The predicted octanol–water partition coefficient (Wildman–Crippen LogP) is 4.57. The minimum atomic E-state index is -1.25. The Morgan fingerprint density at radius 2 is 0.931 bits per heavy atom. The van der Waals surface area contributed by atoms with Crippen LogP contribution < -0.4 is 29.6 Å². The van der Waals surface area contributed by atoms with E-state index in [1.807, 2.05) is 0 Å². The number of carboxylic acids is 2. The summed E-state index contributed by atoms with van der Waals surface area (Å²) in [5, 5.41) is 18.4. The summed E-state index contributed by atoms with van der Waals surface area (Å²) < 4.78 is 0. The molecule has 0 bridgehead atoms. The van der Waals surface area contributed by atoms with E-state index in [9.17, 15) is 19.8 Å². The van der Waals surface area contributed by atoms with Crippen LogP contribution in [0.15, 0.2) is 0 Å². The molecule has 0 radical (unpaired) electrons. The maximum atomic E-state index is 11.3. The van der Waals surface area contributed by atoms with Gasteiger partial charge < -0.3 is 11.6 Å². The molecule has 168 valence electrons. The summed E-state index contributed by atoms with van der Waals surface area (Å²) in [6.45, 7) is 4.44. The van der Waals surface area contributed by atoms with E-state index in [0.29, 0.717) is 0 Å². The Balaban J connectivity index is -0.00000364. The molecule has 0 saturated heterocycles. The fraction of sp³-hybridized carbons (Fsp3) is 0.917. The number of unbranched alkanes of at least 4 members (excludes halogenated alkanes) is 13. The third kappa shape index (κ3) is 19.6. The van der Waals surface area contributed by atoms with Crippen molar-refractivity contribution >= 4 is 11.9 Å². The normalized spacial score (nSPS) is 12.0. The van der Waals surface area contributed by atoms with Crippen LogP contribution in [0.1, 0.15) is 131 Å². The summed E-state index contributed by atoms with van der Waals surface area (Å²) in [4.78, 5) is 22.5. The SMILES string of the molecule is CCCCCCCCCCCCC(CCCCCCC)CC(C(=O)O)C(=O)O.[H-].[Na+]. The van der Waals surface area contributed by atoms with Gasteiger partial charge in [-0.2, -0.15) is 0 Å². The molecule has 2 N–H and O–H groups in total. The van der Waals surface area contributed by atoms with Gasteiger partial charge in [0, 0.05) is 0 Å². The van der Waals surface area contributed by atoms with Crippen molar-refractivity contribution in [2.75, 3.05) is 0 Å². The van der Waals surface area contributed by atoms with E-state index in [0.717, 1.165) is 25.7 Å². The van der Waals surface area contributed by atoms with Gasteiger partial charge in [0.2, 0.25) is 0 Å². The summed E-state index contributed by atoms with van der Waals surface area (Å²) in [7, 11) is 0. The Bertz CT molecular complexity index is 379. The number of hydrogen-bond acceptors (Lipinski definition) is 2. The molecule has 0 fully saturated rings. The molecule has 0 aromatic heterocycles. The summed E-state index contributed by atoms with van der Waals surface area (Å²) in [6, 6.07) is 0. The molecule has 0 spiro atoms. The van der Waals surface area contributed by atoms with E-state index in [4.69, 9.17) is 0 Å². The zero-order valence-electron chi connectivity index (χ0n) is 20.6. The molecule has 1 unspecified atom stereocenters. The molecule has 5 heteroatoms. The molecule has 29 heavy (non-hydrogen) atoms. The monoisotopic (exact) mass is 422 g/mol. The van der Waals surface area contributed by atoms with Gasteiger partial charge in [-0.3, -0.25) is 9.59 Å². The second kappa shape index (κ2) is 22.6. The van der Waals surface area contributed by atoms with Crippen molar-refractivity contribution in [1.29, 1.82) is 0 Å². The average Bonchev–Trinajstić information content (AvgIpc) is 2.65. The van der Waals surface area contributed by atoms with Gasteiger partial charge >= 0.3 is 41.5 Å². The van der Waals surface area contributed by atoms with Gasteiger partial charge in [0.15, 0.2) is 5.92 Å². The van der Waals surface area contributed by atoms with Crippen molar-refractivity contribution in [2.45, 2.75) is 129 Å². The van der Waals surface area contributed by atoms with Crippen LogP contribution in [0, 0.1) is 11.8 Å².